The van der Waals surface area contributed by atoms with Gasteiger partial charge in [-0.25, -0.2) is 0 Å². The lowest BCUT2D eigenvalue weighted by atomic mass is 10.1. The second-order valence-corrected chi connectivity index (χ2v) is 16.3. The van der Waals surface area contributed by atoms with Gasteiger partial charge < -0.3 is 32.8 Å². The van der Waals surface area contributed by atoms with E-state index in [1.807, 2.05) is 44.2 Å². The maximum absolute atomic E-state index is 6.54. The second-order valence-electron chi connectivity index (χ2n) is 14.5. The van der Waals surface area contributed by atoms with Crippen LogP contribution in [0.5, 0.6) is 23.0 Å². The summed E-state index contributed by atoms with van der Waals surface area (Å²) in [6.45, 7) is 6.21. The van der Waals surface area contributed by atoms with Crippen LogP contribution in [-0.4, -0.2) is 42.4 Å². The van der Waals surface area contributed by atoms with Gasteiger partial charge in [0, 0.05) is 56.5 Å². The van der Waals surface area contributed by atoms with Crippen molar-refractivity contribution >= 4 is 66.3 Å². The van der Waals surface area contributed by atoms with Crippen molar-refractivity contribution < 1.29 is 23.7 Å². The van der Waals surface area contributed by atoms with Gasteiger partial charge >= 0.3 is 0 Å². The molecule has 6 aromatic carbocycles. The highest BCUT2D eigenvalue weighted by molar-refractivity contribution is 7.14. The third-order valence-electron chi connectivity index (χ3n) is 10.9. The van der Waals surface area contributed by atoms with E-state index in [4.69, 9.17) is 23.7 Å². The SMILES string of the molecule is CCOCOc1c(-n2c3ccccc3c3ccccc32)csc1-c1ccccc1OCCCOc1ccccc1-c1scc(-n2c3ccccc3c3ccccc32)c1OCC. The Bertz CT molecular complexity index is 3030. The normalized spacial score (nSPS) is 11.6. The molecule has 0 spiro atoms. The highest BCUT2D eigenvalue weighted by Crippen LogP contribution is 2.49. The molecule has 10 aromatic rings. The lowest BCUT2D eigenvalue weighted by molar-refractivity contribution is 0.0230. The number of fused-ring (bicyclic) bond motifs is 6. The Hall–Kier alpha value is -6.52. The molecule has 0 aliphatic carbocycles. The lowest BCUT2D eigenvalue weighted by Gasteiger charge is -2.16. The third kappa shape index (κ3) is 7.08. The van der Waals surface area contributed by atoms with Gasteiger partial charge in [-0.3, -0.25) is 0 Å². The molecule has 0 atom stereocenters. The molecule has 9 heteroatoms. The maximum atomic E-state index is 6.54. The van der Waals surface area contributed by atoms with Crippen LogP contribution in [0.25, 0.3) is 75.9 Å². The smallest absolute Gasteiger partial charge is 0.189 e. The van der Waals surface area contributed by atoms with Crippen LogP contribution in [0.3, 0.4) is 0 Å². The Balaban J connectivity index is 0.897. The minimum atomic E-state index is 0.144. The maximum Gasteiger partial charge on any atom is 0.189 e. The number of ether oxygens (including phenoxy) is 5. The summed E-state index contributed by atoms with van der Waals surface area (Å²) >= 11 is 3.33. The molecule has 0 unspecified atom stereocenters. The first-order valence-electron chi connectivity index (χ1n) is 20.7. The average Bonchev–Trinajstić information content (AvgIpc) is 4.08. The highest BCUT2D eigenvalue weighted by atomic mass is 32.1. The van der Waals surface area contributed by atoms with E-state index in [0.717, 1.165) is 77.3 Å². The molecule has 0 N–H and O–H groups in total. The molecule has 7 nitrogen and oxygen atoms in total. The number of thiophene rings is 2. The Morgan fingerprint density at radius 3 is 1.25 bits per heavy atom. The number of hydrogen-bond acceptors (Lipinski definition) is 7. The van der Waals surface area contributed by atoms with E-state index >= 15 is 0 Å². The fourth-order valence-electron chi connectivity index (χ4n) is 8.31. The van der Waals surface area contributed by atoms with Crippen molar-refractivity contribution in [2.45, 2.75) is 20.3 Å². The topological polar surface area (TPSA) is 56.0 Å². The minimum Gasteiger partial charge on any atom is -0.493 e. The summed E-state index contributed by atoms with van der Waals surface area (Å²) in [7, 11) is 0. The first kappa shape index (κ1) is 38.7. The molecule has 4 aromatic heterocycles. The zero-order valence-corrected chi connectivity index (χ0v) is 35.6. The largest absolute Gasteiger partial charge is 0.493 e. The first-order valence-corrected chi connectivity index (χ1v) is 22.5. The van der Waals surface area contributed by atoms with E-state index in [9.17, 15) is 0 Å². The van der Waals surface area contributed by atoms with Crippen LogP contribution in [0.1, 0.15) is 20.3 Å². The van der Waals surface area contributed by atoms with Gasteiger partial charge in [-0.05, 0) is 62.4 Å². The van der Waals surface area contributed by atoms with Crippen LogP contribution >= 0.6 is 22.7 Å². The summed E-state index contributed by atoms with van der Waals surface area (Å²) in [6, 6.07) is 50.6. The summed E-state index contributed by atoms with van der Waals surface area (Å²) in [5, 5.41) is 9.21. The zero-order valence-electron chi connectivity index (χ0n) is 34.0. The quantitative estimate of drug-likeness (QED) is 0.0716. The van der Waals surface area contributed by atoms with Crippen molar-refractivity contribution in [1.82, 2.24) is 9.13 Å². The molecule has 304 valence electrons. The molecule has 0 saturated heterocycles. The predicted molar refractivity (Wildman–Crippen MR) is 252 cm³/mol. The van der Waals surface area contributed by atoms with E-state index in [2.05, 4.69) is 135 Å². The molecule has 0 aliphatic rings. The molecule has 10 rings (SSSR count). The second kappa shape index (κ2) is 17.2. The van der Waals surface area contributed by atoms with Crippen molar-refractivity contribution in [3.8, 4) is 55.3 Å². The third-order valence-corrected chi connectivity index (χ3v) is 12.9. The van der Waals surface area contributed by atoms with Crippen LogP contribution in [0.2, 0.25) is 0 Å². The highest BCUT2D eigenvalue weighted by Gasteiger charge is 2.24. The Morgan fingerprint density at radius 1 is 0.426 bits per heavy atom. The molecule has 0 bridgehead atoms. The Labute approximate surface area is 362 Å². The summed E-state index contributed by atoms with van der Waals surface area (Å²) < 4.78 is 36.4. The molecule has 0 saturated carbocycles. The van der Waals surface area contributed by atoms with Gasteiger partial charge in [0.1, 0.15) is 22.9 Å². The molecular formula is C52H44N2O5S2. The van der Waals surface area contributed by atoms with Crippen molar-refractivity contribution in [2.24, 2.45) is 0 Å². The average molecular weight is 841 g/mol. The predicted octanol–water partition coefficient (Wildman–Crippen LogP) is 14.0. The van der Waals surface area contributed by atoms with Gasteiger partial charge in [-0.2, -0.15) is 0 Å². The van der Waals surface area contributed by atoms with Crippen molar-refractivity contribution in [3.05, 3.63) is 156 Å². The summed E-state index contributed by atoms with van der Waals surface area (Å²) in [5.41, 5.74) is 8.52. The Morgan fingerprint density at radius 2 is 0.820 bits per heavy atom. The molecule has 0 radical (unpaired) electrons. The number of hydrogen-bond donors (Lipinski definition) is 0. The lowest BCUT2D eigenvalue weighted by Crippen LogP contribution is -2.07. The molecule has 0 fully saturated rings. The monoisotopic (exact) mass is 840 g/mol. The number of benzene rings is 6. The summed E-state index contributed by atoms with van der Waals surface area (Å²) in [4.78, 5) is 2.02. The van der Waals surface area contributed by atoms with E-state index < -0.39 is 0 Å². The van der Waals surface area contributed by atoms with Gasteiger partial charge in [-0.15, -0.1) is 22.7 Å². The van der Waals surface area contributed by atoms with Crippen LogP contribution in [0, 0.1) is 0 Å². The zero-order chi connectivity index (χ0) is 41.1. The molecule has 4 heterocycles. The fourth-order valence-corrected chi connectivity index (χ4v) is 10.3. The summed E-state index contributed by atoms with van der Waals surface area (Å²) in [6.07, 6.45) is 0.683. The van der Waals surface area contributed by atoms with E-state index in [0.29, 0.717) is 32.8 Å². The van der Waals surface area contributed by atoms with Gasteiger partial charge in [0.05, 0.1) is 51.6 Å². The Kier molecular flexibility index (Phi) is 10.9. The molecule has 0 aliphatic heterocycles. The van der Waals surface area contributed by atoms with Crippen molar-refractivity contribution in [3.63, 3.8) is 0 Å². The van der Waals surface area contributed by atoms with Gasteiger partial charge in [0.2, 0.25) is 0 Å². The number of rotatable bonds is 16. The van der Waals surface area contributed by atoms with Gasteiger partial charge in [0.25, 0.3) is 0 Å². The fraction of sp³-hybridized carbons (Fsp3) is 0.154. The first-order chi connectivity index (χ1) is 30.2. The van der Waals surface area contributed by atoms with E-state index in [1.165, 1.54) is 21.5 Å². The minimum absolute atomic E-state index is 0.144. The molecule has 61 heavy (non-hydrogen) atoms. The van der Waals surface area contributed by atoms with Crippen LogP contribution < -0.4 is 18.9 Å². The molecular weight excluding hydrogens is 797 g/mol. The number of para-hydroxylation sites is 6. The number of nitrogens with zero attached hydrogens (tertiary/aromatic N) is 2. The van der Waals surface area contributed by atoms with Crippen molar-refractivity contribution in [1.29, 1.82) is 0 Å². The van der Waals surface area contributed by atoms with Crippen LogP contribution in [0.4, 0.5) is 0 Å². The number of aromatic nitrogens is 2. The van der Waals surface area contributed by atoms with Crippen LogP contribution in [-0.2, 0) is 4.74 Å². The van der Waals surface area contributed by atoms with E-state index in [1.54, 1.807) is 22.7 Å². The van der Waals surface area contributed by atoms with Gasteiger partial charge in [-0.1, -0.05) is 97.1 Å². The molecule has 0 amide bonds. The van der Waals surface area contributed by atoms with Crippen molar-refractivity contribution in [2.75, 3.05) is 33.2 Å². The standard InChI is InChI=1S/C52H44N2O5S2/c1-3-55-34-59-50-46(54-43-26-13-7-20-37(43)38-21-8-14-27-44(38)54)33-61-52(50)40-23-10-16-29-48(40)58-31-17-30-57-47-28-15-9-22-39(47)51-49(56-4-2)45(32-60-51)53-41-24-11-5-18-35(41)36-19-6-12-25-42(36)53/h5-16,18-29,32-33H,3-4,17,30-31,34H2,1-2H3. The van der Waals surface area contributed by atoms with E-state index in [-0.39, 0.29) is 6.79 Å². The summed E-state index contributed by atoms with van der Waals surface area (Å²) in [5.74, 6) is 3.22. The van der Waals surface area contributed by atoms with Crippen LogP contribution in [0.15, 0.2) is 156 Å². The van der Waals surface area contributed by atoms with Gasteiger partial charge in [0.15, 0.2) is 18.3 Å².